The molecule has 0 heterocycles. The first kappa shape index (κ1) is 20.2. The maximum atomic E-state index is 11.8. The fourth-order valence-corrected chi connectivity index (χ4v) is 1.76. The Labute approximate surface area is 147 Å². The molecule has 25 heavy (non-hydrogen) atoms. The summed E-state index contributed by atoms with van der Waals surface area (Å²) >= 11 is 0. The Hall–Kier alpha value is -2.83. The molecule has 1 atom stereocenters. The number of amides is 2. The molecule has 0 saturated heterocycles. The number of hydrogen-bond donors (Lipinski definition) is 2. The number of carbonyl (C=O) groups is 3. The van der Waals surface area contributed by atoms with Gasteiger partial charge in [0, 0.05) is 18.7 Å². The van der Waals surface area contributed by atoms with Crippen LogP contribution in [0, 0.1) is 0 Å². The van der Waals surface area contributed by atoms with Crippen molar-refractivity contribution in [2.75, 3.05) is 6.61 Å². The lowest BCUT2D eigenvalue weighted by atomic mass is 10.2. The highest BCUT2D eigenvalue weighted by Crippen LogP contribution is 1.97. The van der Waals surface area contributed by atoms with Gasteiger partial charge < -0.3 is 20.1 Å². The molecule has 0 radical (unpaired) electrons. The Kier molecular flexibility index (Phi) is 8.78. The molecule has 0 aliphatic heterocycles. The van der Waals surface area contributed by atoms with Crippen molar-refractivity contribution in [3.8, 4) is 0 Å². The molecule has 0 aliphatic carbocycles. The molecule has 1 aromatic carbocycles. The van der Waals surface area contributed by atoms with E-state index in [1.54, 1.807) is 20.8 Å². The molecule has 0 saturated carbocycles. The van der Waals surface area contributed by atoms with E-state index in [-0.39, 0.29) is 24.8 Å². The SMILES string of the molecule is CC(C)OC(=O)/C=C/C(=O)OC[C@@H](C)NC(=O)NCc1ccccc1. The van der Waals surface area contributed by atoms with Crippen LogP contribution in [-0.2, 0) is 25.6 Å². The van der Waals surface area contributed by atoms with E-state index in [1.165, 1.54) is 0 Å². The van der Waals surface area contributed by atoms with Crippen LogP contribution in [0.4, 0.5) is 4.79 Å². The zero-order valence-corrected chi connectivity index (χ0v) is 14.7. The lowest BCUT2D eigenvalue weighted by Crippen LogP contribution is -2.42. The van der Waals surface area contributed by atoms with Gasteiger partial charge in [-0.25, -0.2) is 14.4 Å². The maximum absolute atomic E-state index is 11.8. The van der Waals surface area contributed by atoms with Gasteiger partial charge in [-0.1, -0.05) is 30.3 Å². The Morgan fingerprint density at radius 1 is 1.04 bits per heavy atom. The number of carbonyl (C=O) groups excluding carboxylic acids is 3. The number of esters is 2. The van der Waals surface area contributed by atoms with Crippen LogP contribution in [0.15, 0.2) is 42.5 Å². The van der Waals surface area contributed by atoms with Gasteiger partial charge in [0.2, 0.25) is 0 Å². The van der Waals surface area contributed by atoms with E-state index < -0.39 is 11.9 Å². The summed E-state index contributed by atoms with van der Waals surface area (Å²) in [6.45, 7) is 5.51. The number of ether oxygens (including phenoxy) is 2. The molecular formula is C18H24N2O5. The van der Waals surface area contributed by atoms with Gasteiger partial charge in [0.15, 0.2) is 0 Å². The number of benzene rings is 1. The van der Waals surface area contributed by atoms with Crippen LogP contribution in [-0.4, -0.2) is 36.7 Å². The van der Waals surface area contributed by atoms with E-state index in [2.05, 4.69) is 10.6 Å². The molecule has 2 amide bonds. The predicted octanol–water partition coefficient (Wildman–Crippen LogP) is 1.93. The van der Waals surface area contributed by atoms with E-state index in [4.69, 9.17) is 9.47 Å². The zero-order chi connectivity index (χ0) is 18.7. The molecule has 0 aliphatic rings. The summed E-state index contributed by atoms with van der Waals surface area (Å²) in [6, 6.07) is 8.75. The van der Waals surface area contributed by atoms with E-state index in [9.17, 15) is 14.4 Å². The summed E-state index contributed by atoms with van der Waals surface area (Å²) in [6.07, 6.45) is 1.74. The average molecular weight is 348 g/mol. The van der Waals surface area contributed by atoms with Gasteiger partial charge in [0.05, 0.1) is 12.1 Å². The summed E-state index contributed by atoms with van der Waals surface area (Å²) < 4.78 is 9.79. The standard InChI is InChI=1S/C18H24N2O5/c1-13(2)25-17(22)10-9-16(21)24-12-14(3)20-18(23)19-11-15-7-5-4-6-8-15/h4-10,13-14H,11-12H2,1-3H3,(H2,19,20,23)/b10-9+/t14-/m1/s1. The van der Waals surface area contributed by atoms with Crippen molar-refractivity contribution in [2.45, 2.75) is 39.5 Å². The fourth-order valence-electron chi connectivity index (χ4n) is 1.76. The molecule has 0 bridgehead atoms. The van der Waals surface area contributed by atoms with Crippen LogP contribution < -0.4 is 10.6 Å². The van der Waals surface area contributed by atoms with Crippen LogP contribution in [0.1, 0.15) is 26.3 Å². The quantitative estimate of drug-likeness (QED) is 0.553. The van der Waals surface area contributed by atoms with Gasteiger partial charge in [-0.3, -0.25) is 0 Å². The summed E-state index contributed by atoms with van der Waals surface area (Å²) in [5.74, 6) is -1.29. The number of nitrogens with one attached hydrogen (secondary N) is 2. The minimum absolute atomic E-state index is 0.0127. The Balaban J connectivity index is 2.23. The first-order valence-electron chi connectivity index (χ1n) is 8.00. The average Bonchev–Trinajstić information content (AvgIpc) is 2.56. The maximum Gasteiger partial charge on any atom is 0.331 e. The Morgan fingerprint density at radius 3 is 2.32 bits per heavy atom. The third kappa shape index (κ3) is 9.80. The van der Waals surface area contributed by atoms with Gasteiger partial charge in [0.25, 0.3) is 0 Å². The number of urea groups is 1. The molecule has 136 valence electrons. The summed E-state index contributed by atoms with van der Waals surface area (Å²) in [5.41, 5.74) is 0.982. The predicted molar refractivity (Wildman–Crippen MR) is 92.6 cm³/mol. The summed E-state index contributed by atoms with van der Waals surface area (Å²) in [7, 11) is 0. The van der Waals surface area contributed by atoms with Gasteiger partial charge >= 0.3 is 18.0 Å². The number of hydrogen-bond acceptors (Lipinski definition) is 5. The fraction of sp³-hybridized carbons (Fsp3) is 0.389. The second-order valence-corrected chi connectivity index (χ2v) is 5.66. The summed E-state index contributed by atoms with van der Waals surface area (Å²) in [5, 5.41) is 5.36. The van der Waals surface area contributed by atoms with Gasteiger partial charge in [-0.15, -0.1) is 0 Å². The van der Waals surface area contributed by atoms with Crippen molar-refractivity contribution in [1.29, 1.82) is 0 Å². The molecule has 0 fully saturated rings. The molecule has 1 rings (SSSR count). The first-order valence-corrected chi connectivity index (χ1v) is 8.00. The van der Waals surface area contributed by atoms with E-state index in [1.807, 2.05) is 30.3 Å². The van der Waals surface area contributed by atoms with Crippen LogP contribution in [0.25, 0.3) is 0 Å². The van der Waals surface area contributed by atoms with Crippen molar-refractivity contribution < 1.29 is 23.9 Å². The van der Waals surface area contributed by atoms with Crippen LogP contribution in [0.2, 0.25) is 0 Å². The highest BCUT2D eigenvalue weighted by molar-refractivity contribution is 5.91. The second kappa shape index (κ2) is 10.9. The van der Waals surface area contributed by atoms with Crippen LogP contribution in [0.3, 0.4) is 0 Å². The normalized spacial score (nSPS) is 11.8. The van der Waals surface area contributed by atoms with Crippen molar-refractivity contribution in [3.63, 3.8) is 0 Å². The topological polar surface area (TPSA) is 93.7 Å². The molecule has 1 aromatic rings. The van der Waals surface area contributed by atoms with Crippen molar-refractivity contribution in [2.24, 2.45) is 0 Å². The lowest BCUT2D eigenvalue weighted by molar-refractivity contribution is -0.143. The largest absolute Gasteiger partial charge is 0.460 e. The monoisotopic (exact) mass is 348 g/mol. The van der Waals surface area contributed by atoms with Crippen molar-refractivity contribution in [1.82, 2.24) is 10.6 Å². The van der Waals surface area contributed by atoms with Crippen molar-refractivity contribution >= 4 is 18.0 Å². The summed E-state index contributed by atoms with van der Waals surface area (Å²) in [4.78, 5) is 34.5. The lowest BCUT2D eigenvalue weighted by Gasteiger charge is -2.14. The highest BCUT2D eigenvalue weighted by atomic mass is 16.5. The minimum atomic E-state index is -0.681. The Morgan fingerprint density at radius 2 is 1.68 bits per heavy atom. The van der Waals surface area contributed by atoms with Crippen LogP contribution in [0.5, 0.6) is 0 Å². The van der Waals surface area contributed by atoms with Gasteiger partial charge in [0.1, 0.15) is 6.61 Å². The molecule has 0 aromatic heterocycles. The molecular weight excluding hydrogens is 324 g/mol. The minimum Gasteiger partial charge on any atom is -0.460 e. The van der Waals surface area contributed by atoms with E-state index in [0.717, 1.165) is 17.7 Å². The van der Waals surface area contributed by atoms with Crippen LogP contribution >= 0.6 is 0 Å². The number of rotatable bonds is 8. The van der Waals surface area contributed by atoms with Crippen molar-refractivity contribution in [3.05, 3.63) is 48.0 Å². The third-order valence-electron chi connectivity index (χ3n) is 2.86. The Bertz CT molecular complexity index is 599. The first-order chi connectivity index (χ1) is 11.9. The molecule has 7 nitrogen and oxygen atoms in total. The van der Waals surface area contributed by atoms with Gasteiger partial charge in [-0.05, 0) is 26.3 Å². The van der Waals surface area contributed by atoms with E-state index in [0.29, 0.717) is 6.54 Å². The molecule has 0 unspecified atom stereocenters. The molecule has 0 spiro atoms. The molecule has 2 N–H and O–H groups in total. The highest BCUT2D eigenvalue weighted by Gasteiger charge is 2.09. The zero-order valence-electron chi connectivity index (χ0n) is 14.7. The smallest absolute Gasteiger partial charge is 0.331 e. The molecule has 7 heteroatoms. The third-order valence-corrected chi connectivity index (χ3v) is 2.86. The second-order valence-electron chi connectivity index (χ2n) is 5.66. The van der Waals surface area contributed by atoms with E-state index >= 15 is 0 Å². The van der Waals surface area contributed by atoms with Gasteiger partial charge in [-0.2, -0.15) is 0 Å².